The van der Waals surface area contributed by atoms with E-state index in [4.69, 9.17) is 21.0 Å². The molecule has 0 saturated carbocycles. The molecule has 2 unspecified atom stereocenters. The molecule has 8 atom stereocenters. The number of carbonyl (C=O) groups excluding carboxylic acids is 1. The van der Waals surface area contributed by atoms with Gasteiger partial charge < -0.3 is 45.4 Å². The number of unbranched alkanes of at least 4 members (excludes halogenated alkanes) is 11. The molecule has 1 saturated heterocycles. The summed E-state index contributed by atoms with van der Waals surface area (Å²) in [5.41, 5.74) is 0. The number of rotatable bonds is 24. The number of nitrogens with one attached hydrogen (secondary N) is 1. The molecule has 64 heavy (non-hydrogen) atoms. The Kier molecular flexibility index (Phi) is 33.5. The summed E-state index contributed by atoms with van der Waals surface area (Å²) < 4.78 is 11.3. The lowest BCUT2D eigenvalue weighted by Gasteiger charge is -2.41. The third-order valence-corrected chi connectivity index (χ3v) is 9.80. The number of carboxylic acids is 1. The van der Waals surface area contributed by atoms with Crippen LogP contribution in [0.3, 0.4) is 0 Å². The highest BCUT2D eigenvalue weighted by Crippen LogP contribution is 2.25. The minimum atomic E-state index is -1.71. The zero-order chi connectivity index (χ0) is 46.9. The first-order valence-corrected chi connectivity index (χ1v) is 22.0. The molecule has 1 heterocycles. The van der Waals surface area contributed by atoms with Gasteiger partial charge in [0.1, 0.15) is 24.4 Å². The van der Waals surface area contributed by atoms with Crippen LogP contribution in [0.25, 0.3) is 0 Å². The van der Waals surface area contributed by atoms with E-state index in [9.17, 15) is 35.1 Å². The molecule has 0 aliphatic carbocycles. The smallest absolute Gasteiger partial charge is 0.313 e. The zero-order valence-corrected chi connectivity index (χ0v) is 36.8. The molecule has 0 aromatic carbocycles. The summed E-state index contributed by atoms with van der Waals surface area (Å²) in [4.78, 5) is 23.8. The molecule has 0 radical (unpaired) electrons. The molecule has 11 nitrogen and oxygen atoms in total. The molecule has 0 aromatic rings. The van der Waals surface area contributed by atoms with E-state index in [1.165, 1.54) is 44.9 Å². The maximum absolute atomic E-state index is 12.9. The first kappa shape index (κ1) is 55.7. The third-order valence-electron chi connectivity index (χ3n) is 8.78. The fourth-order valence-electron chi connectivity index (χ4n) is 5.57. The van der Waals surface area contributed by atoms with Crippen LogP contribution in [0.5, 0.6) is 0 Å². The lowest BCUT2D eigenvalue weighted by Crippen LogP contribution is -2.60. The Morgan fingerprint density at radius 3 is 1.53 bits per heavy atom. The molecule has 1 fully saturated rings. The number of aliphatic carboxylic acids is 1. The Labute approximate surface area is 383 Å². The van der Waals surface area contributed by atoms with Gasteiger partial charge in [-0.15, -0.1) is 18.2 Å². The number of thioether (sulfide) groups is 1. The van der Waals surface area contributed by atoms with Crippen molar-refractivity contribution < 1.29 is 49.7 Å². The minimum absolute atomic E-state index is 0.0281. The zero-order valence-electron chi connectivity index (χ0n) is 35.9. The van der Waals surface area contributed by atoms with Crippen LogP contribution in [0.15, 0.2) is 0 Å². The lowest BCUT2D eigenvalue weighted by molar-refractivity contribution is -0.294. The number of aliphatic hydroxyl groups excluding tert-OH is 5. The van der Waals surface area contributed by atoms with Crippen molar-refractivity contribution in [3.63, 3.8) is 0 Å². The van der Waals surface area contributed by atoms with Crippen molar-refractivity contribution >= 4 is 23.6 Å². The molecule has 332 valence electrons. The van der Waals surface area contributed by atoms with Crippen LogP contribution >= 0.6 is 11.8 Å². The van der Waals surface area contributed by atoms with Crippen LogP contribution < -0.4 is 5.32 Å². The molecule has 7 N–H and O–H groups in total. The fourth-order valence-corrected chi connectivity index (χ4v) is 6.37. The second-order valence-electron chi connectivity index (χ2n) is 13.8. The van der Waals surface area contributed by atoms with Crippen molar-refractivity contribution in [2.75, 3.05) is 18.1 Å². The second kappa shape index (κ2) is 38.4. The second-order valence-corrected chi connectivity index (χ2v) is 14.8. The number of hydrogen-bond donors (Lipinski definition) is 7. The van der Waals surface area contributed by atoms with E-state index in [0.717, 1.165) is 37.4 Å². The van der Waals surface area contributed by atoms with Gasteiger partial charge in [0.2, 0.25) is 5.91 Å². The summed E-state index contributed by atoms with van der Waals surface area (Å²) in [5, 5.41) is 65.0. The van der Waals surface area contributed by atoms with Gasteiger partial charge in [0.15, 0.2) is 6.29 Å². The summed E-state index contributed by atoms with van der Waals surface area (Å²) in [5.74, 6) is 54.4. The Morgan fingerprint density at radius 1 is 0.641 bits per heavy atom. The summed E-state index contributed by atoms with van der Waals surface area (Å²) in [6.07, 6.45) is 8.25. The van der Waals surface area contributed by atoms with Gasteiger partial charge in [-0.05, 0) is 101 Å². The highest BCUT2D eigenvalue weighted by atomic mass is 32.2. The van der Waals surface area contributed by atoms with Gasteiger partial charge in [0, 0.05) is 41.3 Å². The Hall–Kier alpha value is -6.27. The van der Waals surface area contributed by atoms with Crippen LogP contribution in [-0.4, -0.2) is 110 Å². The van der Waals surface area contributed by atoms with Crippen molar-refractivity contribution in [3.05, 3.63) is 0 Å². The molecule has 1 aliphatic heterocycles. The van der Waals surface area contributed by atoms with E-state index in [1.807, 2.05) is 0 Å². The van der Waals surface area contributed by atoms with Gasteiger partial charge in [0.25, 0.3) is 0 Å². The molecule has 1 amide bonds. The van der Waals surface area contributed by atoms with Gasteiger partial charge in [-0.25, -0.2) is 0 Å². The van der Waals surface area contributed by atoms with Crippen LogP contribution in [0, 0.1) is 143 Å². The fraction of sp³-hybridized carbons (Fsp3) is 0.500. The van der Waals surface area contributed by atoms with Gasteiger partial charge in [-0.2, -0.15) is 0 Å². The highest BCUT2D eigenvalue weighted by molar-refractivity contribution is 7.99. The van der Waals surface area contributed by atoms with Gasteiger partial charge in [-0.3, -0.25) is 9.59 Å². The largest absolute Gasteiger partial charge is 0.481 e. The molecule has 12 heteroatoms. The summed E-state index contributed by atoms with van der Waals surface area (Å²) >= 11 is 0.938. The Balaban J connectivity index is 2.79. The summed E-state index contributed by atoms with van der Waals surface area (Å²) in [6.45, 7) is 1.74. The van der Waals surface area contributed by atoms with Crippen LogP contribution in [0.4, 0.5) is 0 Å². The Bertz CT molecular complexity index is 2260. The summed E-state index contributed by atoms with van der Waals surface area (Å²) in [7, 11) is 0. The number of terminal acetylenes is 1. The predicted octanol–water partition coefficient (Wildman–Crippen LogP) is 1.99. The van der Waals surface area contributed by atoms with E-state index in [2.05, 4.69) is 148 Å². The maximum Gasteiger partial charge on any atom is 0.313 e. The molecule has 0 bridgehead atoms. The SMILES string of the molecule is C#CC#CC#CC#CC#CC#CC#CC#CC#CC#CC#CC#CCC(=O)N[C@@H](CO[C@H]1OC(CSCC(=O)O)[C@H](O)C(O)[C@@H]1O)[C@H](O)[C@H](O)CCCCCCCCCCCCCC. The Morgan fingerprint density at radius 2 is 1.08 bits per heavy atom. The number of carboxylic acid groups (broad SMARTS) is 1. The summed E-state index contributed by atoms with van der Waals surface area (Å²) in [6, 6.07) is -1.20. The van der Waals surface area contributed by atoms with E-state index >= 15 is 0 Å². The van der Waals surface area contributed by atoms with Gasteiger partial charge in [0.05, 0.1) is 37.0 Å². The number of carbonyl (C=O) groups is 2. The van der Waals surface area contributed by atoms with Crippen LogP contribution in [0.1, 0.15) is 96.8 Å². The molecular weight excluding hydrogens is 831 g/mol. The average molecular weight is 884 g/mol. The van der Waals surface area contributed by atoms with Crippen LogP contribution in [-0.2, 0) is 19.1 Å². The number of aliphatic hydroxyl groups is 5. The predicted molar refractivity (Wildman–Crippen MR) is 246 cm³/mol. The van der Waals surface area contributed by atoms with Crippen molar-refractivity contribution in [3.8, 4) is 143 Å². The topological polar surface area (TPSA) is 186 Å². The lowest BCUT2D eigenvalue weighted by atomic mass is 9.98. The van der Waals surface area contributed by atoms with Crippen molar-refractivity contribution in [2.45, 2.75) is 146 Å². The van der Waals surface area contributed by atoms with Crippen molar-refractivity contribution in [2.24, 2.45) is 0 Å². The van der Waals surface area contributed by atoms with E-state index in [-0.39, 0.29) is 24.3 Å². The molecular formula is C52H53NO10S. The quantitative estimate of drug-likeness (QED) is 0.0556. The van der Waals surface area contributed by atoms with E-state index < -0.39 is 67.4 Å². The van der Waals surface area contributed by atoms with Crippen LogP contribution in [0.2, 0.25) is 0 Å². The van der Waals surface area contributed by atoms with Gasteiger partial charge >= 0.3 is 5.97 Å². The normalized spacial score (nSPS) is 17.4. The average Bonchev–Trinajstić information content (AvgIpc) is 3.28. The molecule has 0 aromatic heterocycles. The molecule has 1 rings (SSSR count). The highest BCUT2D eigenvalue weighted by Gasteiger charge is 2.44. The van der Waals surface area contributed by atoms with Crippen molar-refractivity contribution in [1.82, 2.24) is 5.32 Å². The van der Waals surface area contributed by atoms with Gasteiger partial charge in [-0.1, -0.05) is 89.9 Å². The maximum atomic E-state index is 12.9. The minimum Gasteiger partial charge on any atom is -0.481 e. The van der Waals surface area contributed by atoms with Crippen molar-refractivity contribution in [1.29, 1.82) is 0 Å². The van der Waals surface area contributed by atoms with E-state index in [1.54, 1.807) is 0 Å². The number of hydrogen-bond acceptors (Lipinski definition) is 10. The third kappa shape index (κ3) is 29.1. The number of amides is 1. The molecule has 1 aliphatic rings. The van der Waals surface area contributed by atoms with E-state index in [0.29, 0.717) is 6.42 Å². The standard InChI is InChI=1S/C52H53NO10S/c1-3-5-7-9-11-13-15-17-18-19-20-21-22-23-24-25-26-27-29-31-33-35-37-39-46(55)53-43(40-62-52-51(61)50(60)49(59)45(63-52)41-64-42-47(56)57)48(58)44(54)38-36-34-32-30-28-16-14-12-10-8-6-4-2/h1,43-45,48-52,54,58-61H,4,6,8,10,12,14,16,28,30,32,34,36,38-42H2,2H3,(H,53,55)(H,56,57)/t43-,44+,45?,48-,49-,50?,51-,52-/m0/s1. The number of ether oxygens (including phenoxy) is 2. The molecule has 0 spiro atoms. The first-order chi connectivity index (χ1) is 31.1. The first-order valence-electron chi connectivity index (χ1n) is 20.8. The monoisotopic (exact) mass is 883 g/mol.